The molecule has 0 saturated heterocycles. The first-order valence-corrected chi connectivity index (χ1v) is 7.90. The Bertz CT molecular complexity index is 462. The zero-order valence-electron chi connectivity index (χ0n) is 11.8. The molecule has 1 aromatic heterocycles. The summed E-state index contributed by atoms with van der Waals surface area (Å²) in [5.74, 6) is 1.48. The van der Waals surface area contributed by atoms with Crippen LogP contribution in [0.5, 0.6) is 0 Å². The number of hydrogen-bond acceptors (Lipinski definition) is 3. The van der Waals surface area contributed by atoms with Crippen molar-refractivity contribution in [2.24, 2.45) is 5.92 Å². The molecule has 0 radical (unpaired) electrons. The average molecular weight is 329 g/mol. The molecule has 4 nitrogen and oxygen atoms in total. The molecule has 1 aliphatic carbocycles. The predicted octanol–water partition coefficient (Wildman–Crippen LogP) is 3.37. The van der Waals surface area contributed by atoms with E-state index in [4.69, 9.17) is 4.42 Å². The van der Waals surface area contributed by atoms with Gasteiger partial charge in [-0.3, -0.25) is 4.79 Å². The van der Waals surface area contributed by atoms with Gasteiger partial charge in [0.2, 0.25) is 5.76 Å². The van der Waals surface area contributed by atoms with Crippen LogP contribution in [0.1, 0.15) is 54.7 Å². The molecule has 1 heterocycles. The Labute approximate surface area is 122 Å². The minimum absolute atomic E-state index is 0.142. The molecule has 1 fully saturated rings. The Morgan fingerprint density at radius 2 is 2.11 bits per heavy atom. The van der Waals surface area contributed by atoms with Gasteiger partial charge in [0.1, 0.15) is 0 Å². The third-order valence-corrected chi connectivity index (χ3v) is 5.05. The van der Waals surface area contributed by atoms with Crippen molar-refractivity contribution >= 4 is 21.8 Å². The number of aromatic nitrogens is 1. The molecular weight excluding hydrogens is 308 g/mol. The highest BCUT2D eigenvalue weighted by Crippen LogP contribution is 2.33. The average Bonchev–Trinajstić information content (AvgIpc) is 2.72. The van der Waals surface area contributed by atoms with Gasteiger partial charge in [-0.05, 0) is 38.5 Å². The SMILES string of the molecule is Cc1nc(C)c(C(=O)NC2(CBr)CCC(C)CC2)o1. The minimum atomic E-state index is -0.146. The van der Waals surface area contributed by atoms with Crippen LogP contribution in [0.4, 0.5) is 0 Å². The van der Waals surface area contributed by atoms with Crippen LogP contribution in [-0.2, 0) is 0 Å². The molecule has 1 amide bonds. The number of carbonyl (C=O) groups is 1. The Morgan fingerprint density at radius 3 is 2.58 bits per heavy atom. The lowest BCUT2D eigenvalue weighted by Crippen LogP contribution is -2.52. The fraction of sp³-hybridized carbons (Fsp3) is 0.714. The van der Waals surface area contributed by atoms with Gasteiger partial charge in [0.15, 0.2) is 5.89 Å². The molecule has 5 heteroatoms. The van der Waals surface area contributed by atoms with Gasteiger partial charge in [-0.1, -0.05) is 22.9 Å². The maximum absolute atomic E-state index is 12.3. The van der Waals surface area contributed by atoms with Gasteiger partial charge < -0.3 is 9.73 Å². The van der Waals surface area contributed by atoms with Gasteiger partial charge in [0.05, 0.1) is 11.2 Å². The van der Waals surface area contributed by atoms with Crippen molar-refractivity contribution in [2.45, 2.75) is 52.0 Å². The number of aryl methyl sites for hydroxylation is 2. The molecule has 19 heavy (non-hydrogen) atoms. The normalized spacial score (nSPS) is 27.3. The first-order valence-electron chi connectivity index (χ1n) is 6.78. The second-order valence-electron chi connectivity index (χ2n) is 5.70. The smallest absolute Gasteiger partial charge is 0.289 e. The highest BCUT2D eigenvalue weighted by Gasteiger charge is 2.35. The van der Waals surface area contributed by atoms with Crippen LogP contribution in [0.2, 0.25) is 0 Å². The van der Waals surface area contributed by atoms with E-state index < -0.39 is 0 Å². The first-order chi connectivity index (χ1) is 8.96. The third-order valence-electron chi connectivity index (χ3n) is 3.98. The summed E-state index contributed by atoms with van der Waals surface area (Å²) in [6.07, 6.45) is 4.33. The zero-order chi connectivity index (χ0) is 14.0. The van der Waals surface area contributed by atoms with E-state index in [0.717, 1.165) is 36.9 Å². The lowest BCUT2D eigenvalue weighted by atomic mass is 9.78. The van der Waals surface area contributed by atoms with Gasteiger partial charge in [-0.15, -0.1) is 0 Å². The molecule has 1 aliphatic rings. The van der Waals surface area contributed by atoms with Gasteiger partial charge in [0.25, 0.3) is 5.91 Å². The third kappa shape index (κ3) is 3.19. The second-order valence-corrected chi connectivity index (χ2v) is 6.26. The quantitative estimate of drug-likeness (QED) is 0.865. The molecule has 0 bridgehead atoms. The Morgan fingerprint density at radius 1 is 1.47 bits per heavy atom. The Kier molecular flexibility index (Phi) is 4.33. The number of alkyl halides is 1. The molecule has 0 atom stereocenters. The van der Waals surface area contributed by atoms with Gasteiger partial charge in [0, 0.05) is 12.3 Å². The van der Waals surface area contributed by atoms with E-state index in [2.05, 4.69) is 33.2 Å². The largest absolute Gasteiger partial charge is 0.436 e. The van der Waals surface area contributed by atoms with Crippen molar-refractivity contribution < 1.29 is 9.21 Å². The summed E-state index contributed by atoms with van der Waals surface area (Å²) in [6.45, 7) is 5.82. The summed E-state index contributed by atoms with van der Waals surface area (Å²) in [4.78, 5) is 16.5. The molecule has 0 aliphatic heterocycles. The fourth-order valence-electron chi connectivity index (χ4n) is 2.65. The van der Waals surface area contributed by atoms with Crippen LogP contribution in [-0.4, -0.2) is 21.8 Å². The van der Waals surface area contributed by atoms with Crippen molar-refractivity contribution in [3.8, 4) is 0 Å². The molecule has 0 unspecified atom stereocenters. The van der Waals surface area contributed by atoms with E-state index in [1.54, 1.807) is 13.8 Å². The van der Waals surface area contributed by atoms with E-state index in [9.17, 15) is 4.79 Å². The molecule has 1 N–H and O–H groups in total. The van der Waals surface area contributed by atoms with E-state index in [1.807, 2.05) is 0 Å². The number of rotatable bonds is 3. The van der Waals surface area contributed by atoms with E-state index >= 15 is 0 Å². The van der Waals surface area contributed by atoms with Crippen LogP contribution in [0.25, 0.3) is 0 Å². The highest BCUT2D eigenvalue weighted by atomic mass is 79.9. The van der Waals surface area contributed by atoms with Crippen molar-refractivity contribution in [2.75, 3.05) is 5.33 Å². The van der Waals surface area contributed by atoms with Crippen molar-refractivity contribution in [1.29, 1.82) is 0 Å². The van der Waals surface area contributed by atoms with Crippen LogP contribution >= 0.6 is 15.9 Å². The minimum Gasteiger partial charge on any atom is -0.436 e. The summed E-state index contributed by atoms with van der Waals surface area (Å²) in [5, 5.41) is 3.94. The number of nitrogens with one attached hydrogen (secondary N) is 1. The van der Waals surface area contributed by atoms with Crippen LogP contribution < -0.4 is 5.32 Å². The lowest BCUT2D eigenvalue weighted by molar-refractivity contribution is 0.0843. The summed E-state index contributed by atoms with van der Waals surface area (Å²) in [7, 11) is 0. The topological polar surface area (TPSA) is 55.1 Å². The van der Waals surface area contributed by atoms with Crippen LogP contribution in [0.15, 0.2) is 4.42 Å². The molecule has 1 saturated carbocycles. The Balaban J connectivity index is 2.10. The lowest BCUT2D eigenvalue weighted by Gasteiger charge is -2.38. The molecule has 1 aromatic rings. The summed E-state index contributed by atoms with van der Waals surface area (Å²) >= 11 is 3.55. The number of halogens is 1. The summed E-state index contributed by atoms with van der Waals surface area (Å²) in [5.41, 5.74) is 0.514. The van der Waals surface area contributed by atoms with Crippen LogP contribution in [0.3, 0.4) is 0 Å². The van der Waals surface area contributed by atoms with E-state index in [0.29, 0.717) is 17.3 Å². The molecule has 0 spiro atoms. The number of carbonyl (C=O) groups excluding carboxylic acids is 1. The number of nitrogens with zero attached hydrogens (tertiary/aromatic N) is 1. The summed E-state index contributed by atoms with van der Waals surface area (Å²) < 4.78 is 5.39. The number of hydrogen-bond donors (Lipinski definition) is 1. The maximum atomic E-state index is 12.3. The highest BCUT2D eigenvalue weighted by molar-refractivity contribution is 9.09. The van der Waals surface area contributed by atoms with Crippen molar-refractivity contribution in [3.63, 3.8) is 0 Å². The molecule has 106 valence electrons. The number of amides is 1. The molecule has 0 aromatic carbocycles. The van der Waals surface area contributed by atoms with Crippen molar-refractivity contribution in [1.82, 2.24) is 10.3 Å². The number of oxazole rings is 1. The Hall–Kier alpha value is -0.840. The predicted molar refractivity (Wildman–Crippen MR) is 77.6 cm³/mol. The fourth-order valence-corrected chi connectivity index (χ4v) is 3.35. The maximum Gasteiger partial charge on any atom is 0.289 e. The summed E-state index contributed by atoms with van der Waals surface area (Å²) in [6, 6.07) is 0. The first kappa shape index (κ1) is 14.6. The van der Waals surface area contributed by atoms with E-state index in [1.165, 1.54) is 0 Å². The van der Waals surface area contributed by atoms with Gasteiger partial charge in [-0.25, -0.2) is 4.98 Å². The van der Waals surface area contributed by atoms with Crippen LogP contribution in [0, 0.1) is 19.8 Å². The second kappa shape index (κ2) is 5.65. The van der Waals surface area contributed by atoms with Gasteiger partial charge in [-0.2, -0.15) is 0 Å². The zero-order valence-corrected chi connectivity index (χ0v) is 13.3. The van der Waals surface area contributed by atoms with Gasteiger partial charge >= 0.3 is 0 Å². The van der Waals surface area contributed by atoms with Crippen molar-refractivity contribution in [3.05, 3.63) is 17.3 Å². The molecular formula is C14H21BrN2O2. The monoisotopic (exact) mass is 328 g/mol. The molecule has 2 rings (SSSR count). The van der Waals surface area contributed by atoms with E-state index in [-0.39, 0.29) is 11.4 Å². The standard InChI is InChI=1S/C14H21BrN2O2/c1-9-4-6-14(8-15,7-5-9)17-13(18)12-10(2)16-11(3)19-12/h9H,4-8H2,1-3H3,(H,17,18).